The minimum absolute atomic E-state index is 0. The molecule has 0 aliphatic heterocycles. The third-order valence-electron chi connectivity index (χ3n) is 0. The van der Waals surface area contributed by atoms with Crippen molar-refractivity contribution in [3.63, 3.8) is 0 Å². The van der Waals surface area contributed by atoms with Crippen LogP contribution in [0.1, 0.15) is 0 Å². The topological polar surface area (TPSA) is 0 Å². The van der Waals surface area contributed by atoms with Gasteiger partial charge in [0, 0.05) is 0 Å². The van der Waals surface area contributed by atoms with Crippen LogP contribution in [0.25, 0.3) is 0 Å². The Morgan fingerprint density at radius 2 is 0.400 bits per heavy atom. The fraction of sp³-hybridized carbons (Fsp3) is 0. The van der Waals surface area contributed by atoms with Gasteiger partial charge in [-0.1, -0.05) is 0 Å². The van der Waals surface area contributed by atoms with Crippen LogP contribution in [0.5, 0.6) is 0 Å². The van der Waals surface area contributed by atoms with Gasteiger partial charge in [-0.3, -0.25) is 0 Å². The van der Waals surface area contributed by atoms with Gasteiger partial charge in [0.25, 0.3) is 0 Å². The molecular formula is H12P4Pd+2. The summed E-state index contributed by atoms with van der Waals surface area (Å²) in [6, 6.07) is 0. The van der Waals surface area contributed by atoms with Crippen LogP contribution < -0.4 is 0 Å². The van der Waals surface area contributed by atoms with Crippen LogP contribution in [0.2, 0.25) is 0 Å². The second kappa shape index (κ2) is 32.6. The van der Waals surface area contributed by atoms with Crippen molar-refractivity contribution in [1.29, 1.82) is 0 Å². The molecular weight excluding hydrogens is 230 g/mol. The van der Waals surface area contributed by atoms with E-state index in [1.165, 1.54) is 0 Å². The zero-order valence-electron chi connectivity index (χ0n) is 3.14. The van der Waals surface area contributed by atoms with Gasteiger partial charge in [-0.2, -0.15) is 39.6 Å². The monoisotopic (exact) mass is 242 g/mol. The molecule has 0 aromatic heterocycles. The summed E-state index contributed by atoms with van der Waals surface area (Å²) in [5, 5.41) is 0. The Morgan fingerprint density at radius 1 is 0.400 bits per heavy atom. The Morgan fingerprint density at radius 3 is 0.400 bits per heavy atom. The molecule has 5 heavy (non-hydrogen) atoms. The Kier molecular flexibility index (Phi) is 345. The summed E-state index contributed by atoms with van der Waals surface area (Å²) in [4.78, 5) is 0. The van der Waals surface area contributed by atoms with E-state index in [4.69, 9.17) is 0 Å². The summed E-state index contributed by atoms with van der Waals surface area (Å²) in [5.41, 5.74) is 0. The van der Waals surface area contributed by atoms with Gasteiger partial charge in [0.2, 0.25) is 0 Å². The summed E-state index contributed by atoms with van der Waals surface area (Å²) in [5.74, 6) is 0. The third kappa shape index (κ3) is 21.6. The Labute approximate surface area is 60.2 Å². The van der Waals surface area contributed by atoms with Crippen molar-refractivity contribution < 1.29 is 20.4 Å². The first-order chi connectivity index (χ1) is 0. The maximum absolute atomic E-state index is 0. The third-order valence-corrected chi connectivity index (χ3v) is 0. The molecule has 40 valence electrons. The first kappa shape index (κ1) is 53.0. The summed E-state index contributed by atoms with van der Waals surface area (Å²) in [6.07, 6.45) is 0. The minimum Gasteiger partial charge on any atom is -0.153 e. The van der Waals surface area contributed by atoms with E-state index in [9.17, 15) is 0 Å². The molecule has 0 N–H and O–H groups in total. The van der Waals surface area contributed by atoms with Crippen LogP contribution in [-0.4, -0.2) is 0 Å². The molecule has 0 fully saturated rings. The van der Waals surface area contributed by atoms with Gasteiger partial charge in [-0.15, -0.1) is 0 Å². The number of rotatable bonds is 0. The fourth-order valence-corrected chi connectivity index (χ4v) is 0. The molecule has 0 nitrogen and oxygen atoms in total. The molecule has 4 atom stereocenters. The Hall–Kier alpha value is 2.38. The van der Waals surface area contributed by atoms with E-state index >= 15 is 0 Å². The van der Waals surface area contributed by atoms with Gasteiger partial charge in [-0.25, -0.2) is 0 Å². The van der Waals surface area contributed by atoms with Gasteiger partial charge in [0.15, 0.2) is 0 Å². The van der Waals surface area contributed by atoms with Crippen molar-refractivity contribution in [3.8, 4) is 0 Å². The Bertz CT molecular complexity index is 3.61. The van der Waals surface area contributed by atoms with Crippen LogP contribution in [0.3, 0.4) is 0 Å². The summed E-state index contributed by atoms with van der Waals surface area (Å²) in [7, 11) is 0. The SMILES string of the molecule is P.P.P.P.[Pd+2]. The van der Waals surface area contributed by atoms with E-state index in [1.807, 2.05) is 0 Å². The molecule has 0 aromatic carbocycles. The zero-order valence-corrected chi connectivity index (χ0v) is 10.4. The van der Waals surface area contributed by atoms with E-state index in [0.29, 0.717) is 0 Å². The van der Waals surface area contributed by atoms with Crippen LogP contribution in [-0.2, 0) is 20.4 Å². The largest absolute Gasteiger partial charge is 2.00 e. The van der Waals surface area contributed by atoms with Crippen molar-refractivity contribution in [2.45, 2.75) is 0 Å². The molecule has 0 amide bonds. The van der Waals surface area contributed by atoms with Gasteiger partial charge >= 0.3 is 20.4 Å². The second-order valence-electron chi connectivity index (χ2n) is 0. The molecule has 4 unspecified atom stereocenters. The molecule has 0 aromatic rings. The van der Waals surface area contributed by atoms with Gasteiger partial charge in [0.05, 0.1) is 0 Å². The fourth-order valence-electron chi connectivity index (χ4n) is 0. The van der Waals surface area contributed by atoms with E-state index in [1.54, 1.807) is 0 Å². The normalized spacial score (nSPS) is 0. The Balaban J connectivity index is 0. The predicted molar refractivity (Wildman–Crippen MR) is 44.4 cm³/mol. The first-order valence-electron chi connectivity index (χ1n) is 0. The standard InChI is InChI=1S/4H3P.Pd/h4*1H3;/q;;;;+2. The second-order valence-corrected chi connectivity index (χ2v) is 0. The van der Waals surface area contributed by atoms with Crippen LogP contribution in [0.4, 0.5) is 0 Å². The van der Waals surface area contributed by atoms with Crippen LogP contribution >= 0.6 is 39.6 Å². The summed E-state index contributed by atoms with van der Waals surface area (Å²) in [6.45, 7) is 0. The van der Waals surface area contributed by atoms with Crippen molar-refractivity contribution in [1.82, 2.24) is 0 Å². The van der Waals surface area contributed by atoms with Crippen molar-refractivity contribution in [2.75, 3.05) is 0 Å². The van der Waals surface area contributed by atoms with Crippen molar-refractivity contribution >= 4 is 39.6 Å². The molecule has 0 bridgehead atoms. The van der Waals surface area contributed by atoms with E-state index in [-0.39, 0.29) is 60.0 Å². The van der Waals surface area contributed by atoms with Crippen molar-refractivity contribution in [2.24, 2.45) is 0 Å². The number of hydrogen-bond donors (Lipinski definition) is 0. The van der Waals surface area contributed by atoms with Gasteiger partial charge in [-0.05, 0) is 0 Å². The predicted octanol–water partition coefficient (Wildman–Crippen LogP) is 0.230. The first-order valence-corrected chi connectivity index (χ1v) is 0. The molecule has 0 spiro atoms. The molecule has 0 aliphatic carbocycles. The average Bonchev–Trinajstić information content (AvgIpc) is 0. The quantitative estimate of drug-likeness (QED) is 0.421. The summed E-state index contributed by atoms with van der Waals surface area (Å²) >= 11 is 0. The molecule has 0 saturated heterocycles. The zero-order chi connectivity index (χ0) is 0. The molecule has 0 aliphatic rings. The van der Waals surface area contributed by atoms with E-state index < -0.39 is 0 Å². The number of hydrogen-bond acceptors (Lipinski definition) is 0. The summed E-state index contributed by atoms with van der Waals surface area (Å²) < 4.78 is 0. The smallest absolute Gasteiger partial charge is 0.153 e. The molecule has 0 saturated carbocycles. The molecule has 0 radical (unpaired) electrons. The van der Waals surface area contributed by atoms with E-state index in [2.05, 4.69) is 0 Å². The molecule has 0 heterocycles. The van der Waals surface area contributed by atoms with Crippen LogP contribution in [0, 0.1) is 0 Å². The minimum atomic E-state index is 0. The van der Waals surface area contributed by atoms with Crippen LogP contribution in [0.15, 0.2) is 0 Å². The maximum atomic E-state index is 0. The van der Waals surface area contributed by atoms with Gasteiger partial charge < -0.3 is 0 Å². The molecule has 0 rings (SSSR count). The van der Waals surface area contributed by atoms with E-state index in [0.717, 1.165) is 0 Å². The molecule has 5 heteroatoms. The van der Waals surface area contributed by atoms with Crippen molar-refractivity contribution in [3.05, 3.63) is 0 Å². The average molecular weight is 242 g/mol. The maximum Gasteiger partial charge on any atom is 2.00 e. The van der Waals surface area contributed by atoms with Gasteiger partial charge in [0.1, 0.15) is 0 Å².